The Morgan fingerprint density at radius 3 is 2.18 bits per heavy atom. The molecule has 1 aromatic heterocycles. The fourth-order valence-electron chi connectivity index (χ4n) is 6.40. The van der Waals surface area contributed by atoms with E-state index in [0.29, 0.717) is 17.6 Å². The maximum Gasteiger partial charge on any atom is 0.410 e. The molecule has 0 atom stereocenters. The smallest absolute Gasteiger partial charge is 0.410 e. The number of carbonyl (C=O) groups excluding carboxylic acids is 2. The van der Waals surface area contributed by atoms with Crippen molar-refractivity contribution in [2.24, 2.45) is 10.8 Å². The maximum atomic E-state index is 12.7. The Hall–Kier alpha value is -2.87. The molecule has 2 bridgehead atoms. The van der Waals surface area contributed by atoms with Crippen molar-refractivity contribution < 1.29 is 23.8 Å². The number of nitrogens with zero attached hydrogens (tertiary/aromatic N) is 3. The lowest BCUT2D eigenvalue weighted by Crippen LogP contribution is -2.68. The summed E-state index contributed by atoms with van der Waals surface area (Å²) in [6, 6.07) is 7.45. The van der Waals surface area contributed by atoms with Gasteiger partial charge in [-0.3, -0.25) is 9.88 Å². The lowest BCUT2D eigenvalue weighted by atomic mass is 9.35. The lowest BCUT2D eigenvalue weighted by molar-refractivity contribution is -0.228. The van der Waals surface area contributed by atoms with Crippen LogP contribution in [0.25, 0.3) is 10.9 Å². The number of aromatic nitrogens is 1. The largest absolute Gasteiger partial charge is 0.493 e. The molecule has 0 radical (unpaired) electrons. The number of piperazine rings is 1. The first-order valence-corrected chi connectivity index (χ1v) is 13.7. The van der Waals surface area contributed by atoms with Gasteiger partial charge in [-0.25, -0.2) is 9.59 Å². The second-order valence-electron chi connectivity index (χ2n) is 13.6. The summed E-state index contributed by atoms with van der Waals surface area (Å²) in [7, 11) is 0. The average molecular weight is 524 g/mol. The van der Waals surface area contributed by atoms with Crippen molar-refractivity contribution in [3.8, 4) is 5.75 Å². The van der Waals surface area contributed by atoms with Gasteiger partial charge in [0.15, 0.2) is 0 Å². The molecule has 1 saturated heterocycles. The van der Waals surface area contributed by atoms with Crippen LogP contribution < -0.4 is 4.74 Å². The molecule has 0 unspecified atom stereocenters. The van der Waals surface area contributed by atoms with E-state index in [1.54, 1.807) is 12.3 Å². The molecule has 0 N–H and O–H groups in total. The second-order valence-corrected chi connectivity index (χ2v) is 13.6. The number of fused-ring (bicyclic) bond motifs is 1. The molecular formula is C30H41N3O5. The zero-order chi connectivity index (χ0) is 27.3. The van der Waals surface area contributed by atoms with Crippen LogP contribution in [0.2, 0.25) is 0 Å². The van der Waals surface area contributed by atoms with Gasteiger partial charge in [0.25, 0.3) is 0 Å². The number of amides is 1. The van der Waals surface area contributed by atoms with E-state index in [4.69, 9.17) is 14.2 Å². The average Bonchev–Trinajstić information content (AvgIpc) is 2.77. The molecule has 2 heterocycles. The van der Waals surface area contributed by atoms with Gasteiger partial charge in [0, 0.05) is 49.7 Å². The number of rotatable bonds is 6. The van der Waals surface area contributed by atoms with Crippen LogP contribution in [0.3, 0.4) is 0 Å². The van der Waals surface area contributed by atoms with Crippen LogP contribution >= 0.6 is 0 Å². The van der Waals surface area contributed by atoms with Crippen LogP contribution in [0, 0.1) is 10.8 Å². The third kappa shape index (κ3) is 5.75. The third-order valence-electron chi connectivity index (χ3n) is 7.71. The molecular weight excluding hydrogens is 482 g/mol. The normalized spacial score (nSPS) is 25.4. The summed E-state index contributed by atoms with van der Waals surface area (Å²) in [4.78, 5) is 33.8. The SMILES string of the molecule is CC(C)(C)OC(=O)c1ccnc2ccc(OCC34CC(CN5CCN(C(=O)OC(C)(C)C)CC5)(C3)C4)cc12. The van der Waals surface area contributed by atoms with E-state index in [1.807, 2.05) is 64.6 Å². The van der Waals surface area contributed by atoms with Gasteiger partial charge in [-0.1, -0.05) is 0 Å². The van der Waals surface area contributed by atoms with Gasteiger partial charge in [-0.15, -0.1) is 0 Å². The van der Waals surface area contributed by atoms with Gasteiger partial charge in [0.05, 0.1) is 17.7 Å². The minimum Gasteiger partial charge on any atom is -0.493 e. The molecule has 4 fully saturated rings. The Labute approximate surface area is 225 Å². The van der Waals surface area contributed by atoms with Crippen LogP contribution in [0.15, 0.2) is 30.5 Å². The zero-order valence-corrected chi connectivity index (χ0v) is 23.6. The highest BCUT2D eigenvalue weighted by molar-refractivity contribution is 6.03. The molecule has 0 spiro atoms. The monoisotopic (exact) mass is 523 g/mol. The second kappa shape index (κ2) is 9.40. The lowest BCUT2D eigenvalue weighted by Gasteiger charge is -2.71. The van der Waals surface area contributed by atoms with Crippen LogP contribution in [-0.4, -0.2) is 77.4 Å². The van der Waals surface area contributed by atoms with Crippen LogP contribution in [0.4, 0.5) is 4.79 Å². The fourth-order valence-corrected chi connectivity index (χ4v) is 6.40. The first-order valence-electron chi connectivity index (χ1n) is 13.7. The van der Waals surface area contributed by atoms with Crippen LogP contribution in [0.5, 0.6) is 5.75 Å². The van der Waals surface area contributed by atoms with E-state index >= 15 is 0 Å². The van der Waals surface area contributed by atoms with E-state index < -0.39 is 11.2 Å². The summed E-state index contributed by atoms with van der Waals surface area (Å²) in [6.07, 6.45) is 4.99. The van der Waals surface area contributed by atoms with E-state index in [1.165, 1.54) is 19.3 Å². The Kier molecular flexibility index (Phi) is 6.61. The molecule has 2 aromatic rings. The molecule has 206 valence electrons. The van der Waals surface area contributed by atoms with Crippen molar-refractivity contribution in [2.75, 3.05) is 39.3 Å². The minimum absolute atomic E-state index is 0.207. The summed E-state index contributed by atoms with van der Waals surface area (Å²) >= 11 is 0. The quantitative estimate of drug-likeness (QED) is 0.476. The number of ether oxygens (including phenoxy) is 3. The molecule has 4 aliphatic rings. The van der Waals surface area contributed by atoms with Crippen molar-refractivity contribution in [1.29, 1.82) is 0 Å². The summed E-state index contributed by atoms with van der Waals surface area (Å²) < 4.78 is 17.4. The van der Waals surface area contributed by atoms with E-state index in [-0.39, 0.29) is 17.5 Å². The number of esters is 1. The van der Waals surface area contributed by atoms with Crippen molar-refractivity contribution in [2.45, 2.75) is 72.0 Å². The predicted molar refractivity (Wildman–Crippen MR) is 145 cm³/mol. The van der Waals surface area contributed by atoms with Crippen LogP contribution in [-0.2, 0) is 9.47 Å². The Morgan fingerprint density at radius 1 is 0.895 bits per heavy atom. The molecule has 1 aromatic carbocycles. The first kappa shape index (κ1) is 26.7. The molecule has 1 amide bonds. The Bertz CT molecular complexity index is 1200. The van der Waals surface area contributed by atoms with Crippen molar-refractivity contribution >= 4 is 23.0 Å². The van der Waals surface area contributed by atoms with Crippen molar-refractivity contribution in [1.82, 2.24) is 14.8 Å². The number of pyridine rings is 1. The summed E-state index contributed by atoms with van der Waals surface area (Å²) in [6.45, 7) is 16.3. The van der Waals surface area contributed by atoms with E-state index in [0.717, 1.165) is 49.4 Å². The fraction of sp³-hybridized carbons (Fsp3) is 0.633. The Morgan fingerprint density at radius 2 is 1.55 bits per heavy atom. The molecule has 6 rings (SSSR count). The molecule has 38 heavy (non-hydrogen) atoms. The summed E-state index contributed by atoms with van der Waals surface area (Å²) in [5.41, 5.74) is 0.890. The Balaban J connectivity index is 1.11. The van der Waals surface area contributed by atoms with E-state index in [9.17, 15) is 9.59 Å². The van der Waals surface area contributed by atoms with E-state index in [2.05, 4.69) is 9.88 Å². The topological polar surface area (TPSA) is 81.2 Å². The number of carbonyl (C=O) groups is 2. The van der Waals surface area contributed by atoms with Gasteiger partial charge in [-0.05, 0) is 90.5 Å². The minimum atomic E-state index is -0.563. The van der Waals surface area contributed by atoms with Crippen molar-refractivity contribution in [3.05, 3.63) is 36.0 Å². The molecule has 1 aliphatic heterocycles. The van der Waals surface area contributed by atoms with Gasteiger partial charge < -0.3 is 19.1 Å². The van der Waals surface area contributed by atoms with Gasteiger partial charge >= 0.3 is 12.1 Å². The van der Waals surface area contributed by atoms with Gasteiger partial charge in [0.1, 0.15) is 17.0 Å². The zero-order valence-electron chi connectivity index (χ0n) is 23.6. The molecule has 3 aliphatic carbocycles. The highest BCUT2D eigenvalue weighted by Crippen LogP contribution is 2.73. The molecule has 8 heteroatoms. The van der Waals surface area contributed by atoms with Gasteiger partial charge in [0.2, 0.25) is 0 Å². The molecule has 3 saturated carbocycles. The predicted octanol–water partition coefficient (Wildman–Crippen LogP) is 5.29. The summed E-state index contributed by atoms with van der Waals surface area (Å²) in [5.74, 6) is 0.405. The number of benzene rings is 1. The van der Waals surface area contributed by atoms with Crippen LogP contribution in [0.1, 0.15) is 71.2 Å². The highest BCUT2D eigenvalue weighted by Gasteiger charge is 2.68. The molecule has 8 nitrogen and oxygen atoms in total. The summed E-state index contributed by atoms with van der Waals surface area (Å²) in [5, 5.41) is 0.749. The number of hydrogen-bond donors (Lipinski definition) is 0. The first-order chi connectivity index (χ1) is 17.7. The van der Waals surface area contributed by atoms with Crippen molar-refractivity contribution in [3.63, 3.8) is 0 Å². The maximum absolute atomic E-state index is 12.7. The number of hydrogen-bond acceptors (Lipinski definition) is 7. The highest BCUT2D eigenvalue weighted by atomic mass is 16.6. The standard InChI is InChI=1S/C30H41N3O5/c1-27(2,3)37-25(34)22-9-10-31-24-8-7-21(15-23(22)24)36-20-30-16-29(17-30,18-30)19-32-11-13-33(14-12-32)26(35)38-28(4,5)6/h7-10,15H,11-14,16-20H2,1-6H3. The third-order valence-corrected chi connectivity index (χ3v) is 7.71. The van der Waals surface area contributed by atoms with Gasteiger partial charge in [-0.2, -0.15) is 0 Å².